The normalized spacial score (nSPS) is 23.5. The number of imide groups is 1. The van der Waals surface area contributed by atoms with Crippen LogP contribution in [0.15, 0.2) is 12.3 Å². The van der Waals surface area contributed by atoms with Gasteiger partial charge in [-0.2, -0.15) is 0 Å². The molecule has 1 aliphatic carbocycles. The highest BCUT2D eigenvalue weighted by atomic mass is 16.7. The summed E-state index contributed by atoms with van der Waals surface area (Å²) >= 11 is 0. The molecule has 3 amide bonds. The molecule has 0 unspecified atom stereocenters. The van der Waals surface area contributed by atoms with Gasteiger partial charge in [0.1, 0.15) is 0 Å². The highest BCUT2D eigenvalue weighted by Crippen LogP contribution is 2.31. The third-order valence-corrected chi connectivity index (χ3v) is 6.00. The lowest BCUT2D eigenvalue weighted by atomic mass is 9.82. The Hall–Kier alpha value is -2.71. The van der Waals surface area contributed by atoms with E-state index in [1.807, 2.05) is 12.3 Å². The van der Waals surface area contributed by atoms with Crippen molar-refractivity contribution in [2.24, 2.45) is 11.8 Å². The Morgan fingerprint density at radius 2 is 1.65 bits per heavy atom. The summed E-state index contributed by atoms with van der Waals surface area (Å²) in [4.78, 5) is 65.0. The smallest absolute Gasteiger partial charge is 0.333 e. The van der Waals surface area contributed by atoms with E-state index in [0.717, 1.165) is 32.2 Å². The van der Waals surface area contributed by atoms with Gasteiger partial charge in [-0.15, -0.1) is 5.06 Å². The minimum absolute atomic E-state index is 0.0772. The standard InChI is InChI=1S/C22H30N2O7/c25-18-5-4-13-23(18)15-16-7-9-17(10-8-16)22(29)30-14-3-1-2-6-21(28)31-24-19(26)11-12-20(24)27/h4,13,16-17H,1-3,5-12,14-15H2. The fourth-order valence-electron chi connectivity index (χ4n) is 4.15. The maximum atomic E-state index is 12.3. The van der Waals surface area contributed by atoms with E-state index in [1.165, 1.54) is 0 Å². The maximum absolute atomic E-state index is 12.3. The second kappa shape index (κ2) is 11.1. The largest absolute Gasteiger partial charge is 0.465 e. The molecule has 0 spiro atoms. The van der Waals surface area contributed by atoms with Gasteiger partial charge in [0.15, 0.2) is 0 Å². The number of unbranched alkanes of at least 4 members (excludes halogenated alkanes) is 2. The zero-order valence-electron chi connectivity index (χ0n) is 17.8. The lowest BCUT2D eigenvalue weighted by molar-refractivity contribution is -0.197. The first-order valence-electron chi connectivity index (χ1n) is 11.1. The lowest BCUT2D eigenvalue weighted by Crippen LogP contribution is -2.32. The van der Waals surface area contributed by atoms with E-state index in [1.54, 1.807) is 4.90 Å². The highest BCUT2D eigenvalue weighted by molar-refractivity contribution is 6.01. The molecule has 0 aromatic heterocycles. The lowest BCUT2D eigenvalue weighted by Gasteiger charge is -2.29. The summed E-state index contributed by atoms with van der Waals surface area (Å²) in [7, 11) is 0. The minimum Gasteiger partial charge on any atom is -0.465 e. The Morgan fingerprint density at radius 1 is 0.935 bits per heavy atom. The number of carbonyl (C=O) groups is 5. The van der Waals surface area contributed by atoms with E-state index in [0.29, 0.717) is 43.3 Å². The van der Waals surface area contributed by atoms with Crippen LogP contribution in [-0.2, 0) is 33.5 Å². The molecule has 0 bridgehead atoms. The van der Waals surface area contributed by atoms with Gasteiger partial charge in [-0.3, -0.25) is 19.2 Å². The van der Waals surface area contributed by atoms with Crippen molar-refractivity contribution in [2.45, 2.75) is 70.6 Å². The van der Waals surface area contributed by atoms with Crippen molar-refractivity contribution >= 4 is 29.7 Å². The number of amides is 3. The Morgan fingerprint density at radius 3 is 2.29 bits per heavy atom. The van der Waals surface area contributed by atoms with Gasteiger partial charge in [0.2, 0.25) is 5.91 Å². The summed E-state index contributed by atoms with van der Waals surface area (Å²) in [6.45, 7) is 1.05. The van der Waals surface area contributed by atoms with Crippen LogP contribution in [0.2, 0.25) is 0 Å². The Bertz CT molecular complexity index is 724. The number of hydroxylamine groups is 2. The number of hydrogen-bond donors (Lipinski definition) is 0. The first-order valence-corrected chi connectivity index (χ1v) is 11.1. The van der Waals surface area contributed by atoms with Crippen LogP contribution in [0.5, 0.6) is 0 Å². The summed E-state index contributed by atoms with van der Waals surface area (Å²) in [5, 5.41) is 0.554. The number of hydrogen-bond acceptors (Lipinski definition) is 7. The summed E-state index contributed by atoms with van der Waals surface area (Å²) in [5.41, 5.74) is 0. The van der Waals surface area contributed by atoms with Gasteiger partial charge in [-0.1, -0.05) is 6.08 Å². The summed E-state index contributed by atoms with van der Waals surface area (Å²) < 4.78 is 5.38. The summed E-state index contributed by atoms with van der Waals surface area (Å²) in [5.74, 6) is -1.24. The quantitative estimate of drug-likeness (QED) is 0.295. The fraction of sp³-hybridized carbons (Fsp3) is 0.682. The van der Waals surface area contributed by atoms with Crippen LogP contribution in [-0.4, -0.2) is 52.8 Å². The van der Waals surface area contributed by atoms with Crippen molar-refractivity contribution < 1.29 is 33.5 Å². The molecule has 0 aromatic rings. The molecule has 2 aliphatic heterocycles. The first kappa shape index (κ1) is 23.0. The van der Waals surface area contributed by atoms with E-state index < -0.39 is 17.8 Å². The molecule has 3 rings (SSSR count). The molecule has 9 nitrogen and oxygen atoms in total. The number of carbonyl (C=O) groups excluding carboxylic acids is 5. The molecule has 0 atom stereocenters. The molecule has 1 saturated carbocycles. The first-order chi connectivity index (χ1) is 14.9. The van der Waals surface area contributed by atoms with Gasteiger partial charge in [0.25, 0.3) is 11.8 Å². The second-order valence-electron chi connectivity index (χ2n) is 8.38. The number of nitrogens with zero attached hydrogens (tertiary/aromatic N) is 2. The van der Waals surface area contributed by atoms with Crippen LogP contribution in [0, 0.1) is 11.8 Å². The van der Waals surface area contributed by atoms with Gasteiger partial charge in [0, 0.05) is 38.4 Å². The van der Waals surface area contributed by atoms with E-state index in [9.17, 15) is 24.0 Å². The van der Waals surface area contributed by atoms with E-state index in [4.69, 9.17) is 9.57 Å². The average molecular weight is 434 g/mol. The summed E-state index contributed by atoms with van der Waals surface area (Å²) in [6, 6.07) is 0. The molecule has 2 fully saturated rings. The van der Waals surface area contributed by atoms with Crippen molar-refractivity contribution in [2.75, 3.05) is 13.2 Å². The van der Waals surface area contributed by atoms with Crippen molar-refractivity contribution in [1.82, 2.24) is 9.96 Å². The number of esters is 1. The molecule has 3 aliphatic rings. The fourth-order valence-corrected chi connectivity index (χ4v) is 4.15. The Kier molecular flexibility index (Phi) is 8.20. The second-order valence-corrected chi connectivity index (χ2v) is 8.38. The van der Waals surface area contributed by atoms with Crippen LogP contribution in [0.1, 0.15) is 70.6 Å². The molecule has 0 aromatic carbocycles. The van der Waals surface area contributed by atoms with Crippen LogP contribution in [0.3, 0.4) is 0 Å². The zero-order chi connectivity index (χ0) is 22.2. The number of rotatable bonds is 10. The van der Waals surface area contributed by atoms with Gasteiger partial charge >= 0.3 is 11.9 Å². The predicted octanol–water partition coefficient (Wildman–Crippen LogP) is 2.25. The zero-order valence-corrected chi connectivity index (χ0v) is 17.8. The minimum atomic E-state index is -0.608. The highest BCUT2D eigenvalue weighted by Gasteiger charge is 2.32. The maximum Gasteiger partial charge on any atom is 0.333 e. The van der Waals surface area contributed by atoms with Crippen molar-refractivity contribution in [1.29, 1.82) is 0 Å². The van der Waals surface area contributed by atoms with Crippen LogP contribution in [0.4, 0.5) is 0 Å². The van der Waals surface area contributed by atoms with Crippen LogP contribution in [0.25, 0.3) is 0 Å². The SMILES string of the molecule is O=C(CCCCCOC(=O)C1CCC(CN2C=CCC2=O)CC1)ON1C(=O)CCC1=O. The predicted molar refractivity (Wildman–Crippen MR) is 108 cm³/mol. The summed E-state index contributed by atoms with van der Waals surface area (Å²) in [6.07, 6.45) is 9.73. The molecular formula is C22H30N2O7. The third-order valence-electron chi connectivity index (χ3n) is 6.00. The molecule has 170 valence electrons. The van der Waals surface area contributed by atoms with E-state index in [-0.39, 0.29) is 37.1 Å². The molecule has 9 heteroatoms. The van der Waals surface area contributed by atoms with Gasteiger partial charge in [-0.05, 0) is 50.9 Å². The third kappa shape index (κ3) is 6.63. The van der Waals surface area contributed by atoms with Gasteiger partial charge in [0.05, 0.1) is 12.5 Å². The molecule has 31 heavy (non-hydrogen) atoms. The average Bonchev–Trinajstić information content (AvgIpc) is 3.30. The Labute approximate surface area is 181 Å². The van der Waals surface area contributed by atoms with E-state index >= 15 is 0 Å². The monoisotopic (exact) mass is 434 g/mol. The topological polar surface area (TPSA) is 110 Å². The van der Waals surface area contributed by atoms with Crippen LogP contribution < -0.4 is 0 Å². The number of ether oxygens (including phenoxy) is 1. The van der Waals surface area contributed by atoms with Crippen molar-refractivity contribution in [3.63, 3.8) is 0 Å². The van der Waals surface area contributed by atoms with Gasteiger partial charge in [-0.25, -0.2) is 4.79 Å². The Balaban J connectivity index is 1.21. The molecule has 0 radical (unpaired) electrons. The molecule has 2 heterocycles. The van der Waals surface area contributed by atoms with Crippen molar-refractivity contribution in [3.05, 3.63) is 12.3 Å². The molecule has 0 N–H and O–H groups in total. The molecule has 1 saturated heterocycles. The van der Waals surface area contributed by atoms with E-state index in [2.05, 4.69) is 0 Å². The van der Waals surface area contributed by atoms with Gasteiger partial charge < -0.3 is 14.5 Å². The van der Waals surface area contributed by atoms with Crippen molar-refractivity contribution in [3.8, 4) is 0 Å². The van der Waals surface area contributed by atoms with Crippen LogP contribution >= 0.6 is 0 Å². The molecular weight excluding hydrogens is 404 g/mol.